The smallest absolute Gasteiger partial charge is 0.274 e. The highest BCUT2D eigenvalue weighted by Gasteiger charge is 2.25. The Hall–Kier alpha value is -3.04. The number of imidazole rings is 1. The van der Waals surface area contributed by atoms with E-state index >= 15 is 0 Å². The van der Waals surface area contributed by atoms with Crippen molar-refractivity contribution in [1.82, 2.24) is 29.3 Å². The summed E-state index contributed by atoms with van der Waals surface area (Å²) in [6.45, 7) is 5.41. The Bertz CT molecular complexity index is 1140. The topological polar surface area (TPSA) is 79.8 Å². The number of hydrogen-bond acceptors (Lipinski definition) is 7. The molecule has 1 aliphatic heterocycles. The van der Waals surface area contributed by atoms with Crippen molar-refractivity contribution < 1.29 is 9.32 Å². The van der Waals surface area contributed by atoms with E-state index in [4.69, 9.17) is 4.52 Å². The Labute approximate surface area is 171 Å². The van der Waals surface area contributed by atoms with Crippen LogP contribution in [-0.4, -0.2) is 61.4 Å². The average molecular weight is 408 g/mol. The number of nitrogens with zero attached hydrogens (tertiary/aromatic N) is 6. The fraction of sp³-hybridized carbons (Fsp3) is 0.300. The minimum absolute atomic E-state index is 0.0227. The van der Waals surface area contributed by atoms with E-state index < -0.39 is 0 Å². The summed E-state index contributed by atoms with van der Waals surface area (Å²) in [5, 5.41) is 6.05. The number of carbonyl (C=O) groups is 1. The number of pyridine rings is 1. The van der Waals surface area contributed by atoms with Crippen molar-refractivity contribution in [3.63, 3.8) is 0 Å². The summed E-state index contributed by atoms with van der Waals surface area (Å²) in [5.41, 5.74) is 2.34. The zero-order valence-corrected chi connectivity index (χ0v) is 16.8. The second kappa shape index (κ2) is 7.41. The molecule has 0 bridgehead atoms. The second-order valence-electron chi connectivity index (χ2n) is 7.08. The molecule has 0 N–H and O–H groups in total. The third-order valence-electron chi connectivity index (χ3n) is 5.14. The summed E-state index contributed by atoms with van der Waals surface area (Å²) in [6, 6.07) is 9.81. The van der Waals surface area contributed by atoms with Gasteiger partial charge in [0.1, 0.15) is 11.3 Å². The molecule has 0 unspecified atom stereocenters. The molecule has 0 aromatic carbocycles. The van der Waals surface area contributed by atoms with Crippen molar-refractivity contribution in [1.29, 1.82) is 0 Å². The van der Waals surface area contributed by atoms with Gasteiger partial charge in [-0.25, -0.2) is 4.98 Å². The van der Waals surface area contributed by atoms with Crippen LogP contribution in [0.4, 0.5) is 0 Å². The molecule has 5 heterocycles. The molecule has 0 radical (unpaired) electrons. The average Bonchev–Trinajstić information content (AvgIpc) is 3.48. The molecular weight excluding hydrogens is 388 g/mol. The van der Waals surface area contributed by atoms with E-state index in [1.807, 2.05) is 58.1 Å². The first-order valence-electron chi connectivity index (χ1n) is 9.50. The summed E-state index contributed by atoms with van der Waals surface area (Å²) in [6.07, 6.45) is 1.82. The number of piperazine rings is 1. The van der Waals surface area contributed by atoms with E-state index in [2.05, 4.69) is 20.0 Å². The van der Waals surface area contributed by atoms with Gasteiger partial charge in [-0.05, 0) is 30.5 Å². The van der Waals surface area contributed by atoms with Gasteiger partial charge in [0.25, 0.3) is 5.91 Å². The SMILES string of the molecule is Cc1cccc2nc(C(=O)N3CCN(Cc4nc(-c5cccs5)no4)CC3)cn12. The zero-order chi connectivity index (χ0) is 19.8. The zero-order valence-electron chi connectivity index (χ0n) is 16.0. The summed E-state index contributed by atoms with van der Waals surface area (Å²) < 4.78 is 7.34. The number of thiophene rings is 1. The van der Waals surface area contributed by atoms with Gasteiger partial charge < -0.3 is 13.8 Å². The van der Waals surface area contributed by atoms with Crippen LogP contribution in [0.5, 0.6) is 0 Å². The van der Waals surface area contributed by atoms with Crippen molar-refractivity contribution in [2.75, 3.05) is 26.2 Å². The van der Waals surface area contributed by atoms with Crippen LogP contribution in [0.3, 0.4) is 0 Å². The molecule has 1 saturated heterocycles. The Morgan fingerprint density at radius 2 is 2.00 bits per heavy atom. The van der Waals surface area contributed by atoms with E-state index in [1.54, 1.807) is 11.3 Å². The first-order valence-corrected chi connectivity index (χ1v) is 10.4. The first-order chi connectivity index (χ1) is 14.2. The minimum atomic E-state index is -0.0227. The van der Waals surface area contributed by atoms with Crippen LogP contribution in [0, 0.1) is 6.92 Å². The standard InChI is InChI=1S/C20H20N6O2S/c1-14-4-2-6-17-21-15(12-26(14)17)20(27)25-9-7-24(8-10-25)13-18-22-19(23-28-18)16-5-3-11-29-16/h2-6,11-12H,7-10,13H2,1H3. The van der Waals surface area contributed by atoms with Gasteiger partial charge in [0.2, 0.25) is 11.7 Å². The van der Waals surface area contributed by atoms with E-state index in [9.17, 15) is 4.79 Å². The molecule has 0 atom stereocenters. The Kier molecular flexibility index (Phi) is 4.61. The van der Waals surface area contributed by atoms with Gasteiger partial charge in [0.05, 0.1) is 11.4 Å². The molecule has 9 heteroatoms. The minimum Gasteiger partial charge on any atom is -0.338 e. The van der Waals surface area contributed by atoms with Crippen LogP contribution < -0.4 is 0 Å². The monoisotopic (exact) mass is 408 g/mol. The maximum Gasteiger partial charge on any atom is 0.274 e. The van der Waals surface area contributed by atoms with E-state index in [-0.39, 0.29) is 5.91 Å². The predicted octanol–water partition coefficient (Wildman–Crippen LogP) is 2.71. The van der Waals surface area contributed by atoms with Crippen molar-refractivity contribution in [2.45, 2.75) is 13.5 Å². The molecule has 0 spiro atoms. The van der Waals surface area contributed by atoms with Gasteiger partial charge in [0, 0.05) is 38.1 Å². The summed E-state index contributed by atoms with van der Waals surface area (Å²) in [7, 11) is 0. The van der Waals surface area contributed by atoms with Crippen molar-refractivity contribution in [3.05, 3.63) is 59.2 Å². The summed E-state index contributed by atoms with van der Waals surface area (Å²) in [5.74, 6) is 1.21. The Balaban J connectivity index is 1.21. The van der Waals surface area contributed by atoms with Gasteiger partial charge in [-0.15, -0.1) is 11.3 Å². The fourth-order valence-corrected chi connectivity index (χ4v) is 4.19. The second-order valence-corrected chi connectivity index (χ2v) is 8.03. The molecule has 148 valence electrons. The number of aryl methyl sites for hydroxylation is 1. The van der Waals surface area contributed by atoms with Gasteiger partial charge in [-0.3, -0.25) is 9.69 Å². The molecule has 1 fully saturated rings. The van der Waals surface area contributed by atoms with Crippen LogP contribution in [0.15, 0.2) is 46.4 Å². The van der Waals surface area contributed by atoms with Crippen LogP contribution >= 0.6 is 11.3 Å². The maximum atomic E-state index is 12.9. The molecule has 8 nitrogen and oxygen atoms in total. The number of fused-ring (bicyclic) bond motifs is 1. The molecule has 1 aliphatic rings. The summed E-state index contributed by atoms with van der Waals surface area (Å²) in [4.78, 5) is 26.9. The lowest BCUT2D eigenvalue weighted by atomic mass is 10.3. The maximum absolute atomic E-state index is 12.9. The number of rotatable bonds is 4. The summed E-state index contributed by atoms with van der Waals surface area (Å²) >= 11 is 1.59. The molecule has 0 saturated carbocycles. The number of amides is 1. The fourth-order valence-electron chi connectivity index (χ4n) is 3.54. The molecule has 1 amide bonds. The largest absolute Gasteiger partial charge is 0.338 e. The third kappa shape index (κ3) is 3.54. The molecule has 0 aliphatic carbocycles. The van der Waals surface area contributed by atoms with Gasteiger partial charge >= 0.3 is 0 Å². The van der Waals surface area contributed by atoms with E-state index in [1.165, 1.54) is 0 Å². The lowest BCUT2D eigenvalue weighted by Crippen LogP contribution is -2.48. The molecular formula is C20H20N6O2S. The normalized spacial score (nSPS) is 15.3. The lowest BCUT2D eigenvalue weighted by Gasteiger charge is -2.33. The van der Waals surface area contributed by atoms with Crippen LogP contribution in [-0.2, 0) is 6.54 Å². The van der Waals surface area contributed by atoms with Crippen LogP contribution in [0.25, 0.3) is 16.3 Å². The van der Waals surface area contributed by atoms with E-state index in [0.717, 1.165) is 29.3 Å². The van der Waals surface area contributed by atoms with Gasteiger partial charge in [-0.2, -0.15) is 4.98 Å². The number of aromatic nitrogens is 4. The van der Waals surface area contributed by atoms with Gasteiger partial charge in [-0.1, -0.05) is 17.3 Å². The first kappa shape index (κ1) is 18.0. The third-order valence-corrected chi connectivity index (χ3v) is 6.01. The molecule has 29 heavy (non-hydrogen) atoms. The number of carbonyl (C=O) groups excluding carboxylic acids is 1. The quantitative estimate of drug-likeness (QED) is 0.517. The highest BCUT2D eigenvalue weighted by atomic mass is 32.1. The molecule has 5 rings (SSSR count). The lowest BCUT2D eigenvalue weighted by molar-refractivity contribution is 0.0610. The Morgan fingerprint density at radius 1 is 1.14 bits per heavy atom. The molecule has 4 aromatic rings. The highest BCUT2D eigenvalue weighted by molar-refractivity contribution is 7.13. The van der Waals surface area contributed by atoms with Crippen LogP contribution in [0.1, 0.15) is 22.1 Å². The Morgan fingerprint density at radius 3 is 2.76 bits per heavy atom. The van der Waals surface area contributed by atoms with Crippen molar-refractivity contribution >= 4 is 22.9 Å². The predicted molar refractivity (Wildman–Crippen MR) is 109 cm³/mol. The molecule has 4 aromatic heterocycles. The highest BCUT2D eigenvalue weighted by Crippen LogP contribution is 2.22. The van der Waals surface area contributed by atoms with Gasteiger partial charge in [0.15, 0.2) is 0 Å². The van der Waals surface area contributed by atoms with E-state index in [0.29, 0.717) is 37.0 Å². The van der Waals surface area contributed by atoms with Crippen LogP contribution in [0.2, 0.25) is 0 Å². The van der Waals surface area contributed by atoms with Crippen molar-refractivity contribution in [3.8, 4) is 10.7 Å². The number of hydrogen-bond donors (Lipinski definition) is 0. The van der Waals surface area contributed by atoms with Crippen molar-refractivity contribution in [2.24, 2.45) is 0 Å².